The third-order valence-corrected chi connectivity index (χ3v) is 5.03. The Bertz CT molecular complexity index is 886. The molecule has 0 spiro atoms. The molecule has 4 rings (SSSR count). The van der Waals surface area contributed by atoms with Crippen LogP contribution in [0.15, 0.2) is 103 Å². The van der Waals surface area contributed by atoms with E-state index in [2.05, 4.69) is 111 Å². The SMILES string of the molecule is CC1(C)C(C=C(c2ccccc2)c2ccccc2)=C1c1ccccc1. The molecule has 0 bridgehead atoms. The van der Waals surface area contributed by atoms with E-state index in [1.54, 1.807) is 0 Å². The van der Waals surface area contributed by atoms with Crippen molar-refractivity contribution in [2.75, 3.05) is 0 Å². The van der Waals surface area contributed by atoms with Crippen LogP contribution in [0.5, 0.6) is 0 Å². The second-order valence-electron chi connectivity index (χ2n) is 7.07. The second kappa shape index (κ2) is 6.22. The van der Waals surface area contributed by atoms with Gasteiger partial charge in [-0.1, -0.05) is 105 Å². The number of benzene rings is 3. The normalized spacial score (nSPS) is 15.0. The zero-order valence-corrected chi connectivity index (χ0v) is 14.7. The lowest BCUT2D eigenvalue weighted by atomic mass is 9.94. The molecular formula is C25H22. The molecule has 0 radical (unpaired) electrons. The summed E-state index contributed by atoms with van der Waals surface area (Å²) < 4.78 is 0. The van der Waals surface area contributed by atoms with Crippen LogP contribution in [0.25, 0.3) is 11.1 Å². The van der Waals surface area contributed by atoms with Crippen LogP contribution in [0, 0.1) is 5.41 Å². The van der Waals surface area contributed by atoms with Crippen molar-refractivity contribution >= 4 is 11.1 Å². The molecule has 3 aromatic carbocycles. The van der Waals surface area contributed by atoms with Gasteiger partial charge in [-0.3, -0.25) is 0 Å². The van der Waals surface area contributed by atoms with E-state index in [-0.39, 0.29) is 5.41 Å². The van der Waals surface area contributed by atoms with Crippen molar-refractivity contribution in [3.63, 3.8) is 0 Å². The van der Waals surface area contributed by atoms with E-state index in [9.17, 15) is 0 Å². The average molecular weight is 322 g/mol. The molecule has 122 valence electrons. The first kappa shape index (κ1) is 15.7. The minimum Gasteiger partial charge on any atom is -0.0622 e. The van der Waals surface area contributed by atoms with E-state index in [0.29, 0.717) is 0 Å². The monoisotopic (exact) mass is 322 g/mol. The molecule has 0 unspecified atom stereocenters. The Labute approximate surface area is 150 Å². The summed E-state index contributed by atoms with van der Waals surface area (Å²) in [6.45, 7) is 4.63. The fourth-order valence-corrected chi connectivity index (χ4v) is 3.58. The first-order valence-corrected chi connectivity index (χ1v) is 8.81. The molecule has 3 aromatic rings. The molecule has 0 fully saturated rings. The van der Waals surface area contributed by atoms with Crippen LogP contribution < -0.4 is 0 Å². The fraction of sp³-hybridized carbons (Fsp3) is 0.120. The second-order valence-corrected chi connectivity index (χ2v) is 7.07. The Hall–Kier alpha value is -2.86. The van der Waals surface area contributed by atoms with E-state index >= 15 is 0 Å². The Balaban J connectivity index is 1.84. The van der Waals surface area contributed by atoms with Gasteiger partial charge in [-0.2, -0.15) is 0 Å². The molecule has 25 heavy (non-hydrogen) atoms. The minimum atomic E-state index is 0.135. The van der Waals surface area contributed by atoms with Gasteiger partial charge in [-0.05, 0) is 39.5 Å². The summed E-state index contributed by atoms with van der Waals surface area (Å²) in [4.78, 5) is 0. The summed E-state index contributed by atoms with van der Waals surface area (Å²) in [5, 5.41) is 0. The summed E-state index contributed by atoms with van der Waals surface area (Å²) in [6.07, 6.45) is 2.38. The van der Waals surface area contributed by atoms with Crippen LogP contribution in [-0.2, 0) is 0 Å². The van der Waals surface area contributed by atoms with Crippen LogP contribution in [0.1, 0.15) is 30.5 Å². The summed E-state index contributed by atoms with van der Waals surface area (Å²) in [5.74, 6) is 0. The largest absolute Gasteiger partial charge is 0.0622 e. The molecular weight excluding hydrogens is 300 g/mol. The average Bonchev–Trinajstić information content (AvgIpc) is 3.22. The van der Waals surface area contributed by atoms with Crippen molar-refractivity contribution in [2.45, 2.75) is 13.8 Å². The van der Waals surface area contributed by atoms with Crippen molar-refractivity contribution in [3.05, 3.63) is 119 Å². The molecule has 0 nitrogen and oxygen atoms in total. The molecule has 0 heterocycles. The van der Waals surface area contributed by atoms with Gasteiger partial charge in [0.1, 0.15) is 0 Å². The van der Waals surface area contributed by atoms with Crippen molar-refractivity contribution in [1.82, 2.24) is 0 Å². The van der Waals surface area contributed by atoms with Crippen molar-refractivity contribution in [1.29, 1.82) is 0 Å². The highest BCUT2D eigenvalue weighted by Crippen LogP contribution is 2.59. The van der Waals surface area contributed by atoms with Gasteiger partial charge in [0.15, 0.2) is 0 Å². The molecule has 0 amide bonds. The summed E-state index contributed by atoms with van der Waals surface area (Å²) >= 11 is 0. The first-order chi connectivity index (χ1) is 12.2. The predicted octanol–water partition coefficient (Wildman–Crippen LogP) is 6.61. The van der Waals surface area contributed by atoms with Crippen LogP contribution >= 0.6 is 0 Å². The molecule has 0 saturated heterocycles. The van der Waals surface area contributed by atoms with Crippen LogP contribution in [-0.4, -0.2) is 0 Å². The number of rotatable bonds is 4. The van der Waals surface area contributed by atoms with Crippen LogP contribution in [0.4, 0.5) is 0 Å². The van der Waals surface area contributed by atoms with Crippen molar-refractivity contribution in [3.8, 4) is 0 Å². The standard InChI is InChI=1S/C25H22/c1-25(2)23(24(25)21-16-10-5-11-17-21)18-22(19-12-6-3-7-13-19)20-14-8-4-9-15-20/h3-18H,1-2H3. The highest BCUT2D eigenvalue weighted by atomic mass is 14.5. The van der Waals surface area contributed by atoms with E-state index in [1.165, 1.54) is 33.4 Å². The lowest BCUT2D eigenvalue weighted by molar-refractivity contribution is 0.724. The van der Waals surface area contributed by atoms with Gasteiger partial charge >= 0.3 is 0 Å². The molecule has 0 heteroatoms. The number of hydrogen-bond donors (Lipinski definition) is 0. The lowest BCUT2D eigenvalue weighted by Gasteiger charge is -2.09. The van der Waals surface area contributed by atoms with E-state index in [4.69, 9.17) is 0 Å². The summed E-state index contributed by atoms with van der Waals surface area (Å²) in [7, 11) is 0. The predicted molar refractivity (Wildman–Crippen MR) is 107 cm³/mol. The fourth-order valence-electron chi connectivity index (χ4n) is 3.58. The maximum Gasteiger partial charge on any atom is 0.0159 e. The maximum atomic E-state index is 2.38. The maximum absolute atomic E-state index is 2.38. The third kappa shape index (κ3) is 2.96. The molecule has 0 saturated carbocycles. The van der Waals surface area contributed by atoms with Gasteiger partial charge in [0.2, 0.25) is 0 Å². The van der Waals surface area contributed by atoms with Crippen LogP contribution in [0.3, 0.4) is 0 Å². The van der Waals surface area contributed by atoms with Gasteiger partial charge in [-0.15, -0.1) is 0 Å². The Morgan fingerprint density at radius 1 is 0.640 bits per heavy atom. The number of allylic oxidation sites excluding steroid dienone is 3. The zero-order valence-electron chi connectivity index (χ0n) is 14.7. The number of hydrogen-bond acceptors (Lipinski definition) is 0. The molecule has 0 aliphatic heterocycles. The summed E-state index contributed by atoms with van der Waals surface area (Å²) in [5.41, 5.74) is 8.16. The Kier molecular flexibility index (Phi) is 3.89. The van der Waals surface area contributed by atoms with E-state index in [0.717, 1.165) is 0 Å². The minimum absolute atomic E-state index is 0.135. The topological polar surface area (TPSA) is 0 Å². The van der Waals surface area contributed by atoms with Gasteiger partial charge in [-0.25, -0.2) is 0 Å². The van der Waals surface area contributed by atoms with E-state index in [1.807, 2.05) is 0 Å². The quantitative estimate of drug-likeness (QED) is 0.507. The smallest absolute Gasteiger partial charge is 0.0159 e. The Morgan fingerprint density at radius 2 is 1.08 bits per heavy atom. The van der Waals surface area contributed by atoms with Gasteiger partial charge in [0.05, 0.1) is 0 Å². The first-order valence-electron chi connectivity index (χ1n) is 8.81. The van der Waals surface area contributed by atoms with Gasteiger partial charge < -0.3 is 0 Å². The summed E-state index contributed by atoms with van der Waals surface area (Å²) in [6, 6.07) is 32.1. The molecule has 0 atom stereocenters. The zero-order chi connectivity index (χ0) is 17.3. The highest BCUT2D eigenvalue weighted by Gasteiger charge is 2.44. The van der Waals surface area contributed by atoms with E-state index < -0.39 is 0 Å². The molecule has 1 aliphatic carbocycles. The lowest BCUT2D eigenvalue weighted by Crippen LogP contribution is -1.93. The van der Waals surface area contributed by atoms with Crippen LogP contribution in [0.2, 0.25) is 0 Å². The van der Waals surface area contributed by atoms with Crippen molar-refractivity contribution < 1.29 is 0 Å². The van der Waals surface area contributed by atoms with Crippen molar-refractivity contribution in [2.24, 2.45) is 5.41 Å². The molecule has 0 N–H and O–H groups in total. The van der Waals surface area contributed by atoms with Gasteiger partial charge in [0, 0.05) is 5.41 Å². The molecule has 0 aromatic heterocycles. The Morgan fingerprint density at radius 3 is 1.56 bits per heavy atom. The van der Waals surface area contributed by atoms with Gasteiger partial charge in [0.25, 0.3) is 0 Å². The third-order valence-electron chi connectivity index (χ3n) is 5.03. The molecule has 1 aliphatic rings. The highest BCUT2D eigenvalue weighted by molar-refractivity contribution is 5.96.